The predicted octanol–water partition coefficient (Wildman–Crippen LogP) is 5.98. The number of anilines is 1. The topological polar surface area (TPSA) is 31.7 Å². The number of aryl methyl sites for hydroxylation is 1. The van der Waals surface area contributed by atoms with E-state index in [0.29, 0.717) is 6.54 Å². The van der Waals surface area contributed by atoms with Crippen molar-refractivity contribution in [2.75, 3.05) is 37.6 Å². The number of carbonyl (C=O) groups is 1. The highest BCUT2D eigenvalue weighted by Crippen LogP contribution is 2.44. The summed E-state index contributed by atoms with van der Waals surface area (Å²) in [6.07, 6.45) is 2.09. The van der Waals surface area contributed by atoms with Gasteiger partial charge in [-0.2, -0.15) is 0 Å². The molecular formula is C32H33ClN4O. The minimum atomic E-state index is -0.0523. The maximum atomic E-state index is 14.0. The molecule has 0 saturated carbocycles. The minimum Gasteiger partial charge on any atom is -0.369 e. The molecule has 6 rings (SSSR count). The second-order valence-corrected chi connectivity index (χ2v) is 10.8. The fourth-order valence-corrected chi connectivity index (χ4v) is 6.30. The summed E-state index contributed by atoms with van der Waals surface area (Å²) in [6.45, 7) is 5.33. The average Bonchev–Trinajstić information content (AvgIpc) is 3.37. The van der Waals surface area contributed by atoms with Crippen LogP contribution in [0.15, 0.2) is 97.2 Å². The van der Waals surface area contributed by atoms with Crippen molar-refractivity contribution >= 4 is 23.2 Å². The Morgan fingerprint density at radius 1 is 0.842 bits per heavy atom. The first-order valence-corrected chi connectivity index (χ1v) is 13.7. The smallest absolute Gasteiger partial charge is 0.255 e. The molecule has 2 atom stereocenters. The molecule has 0 spiro atoms. The van der Waals surface area contributed by atoms with Crippen LogP contribution in [-0.4, -0.2) is 53.0 Å². The molecule has 2 aliphatic rings. The van der Waals surface area contributed by atoms with E-state index in [1.165, 1.54) is 11.4 Å². The summed E-state index contributed by atoms with van der Waals surface area (Å²) >= 11 is 6.26. The third-order valence-electron chi connectivity index (χ3n) is 8.05. The molecule has 1 fully saturated rings. The first-order chi connectivity index (χ1) is 18.6. The highest BCUT2D eigenvalue weighted by atomic mass is 35.5. The zero-order valence-electron chi connectivity index (χ0n) is 21.7. The maximum absolute atomic E-state index is 14.0. The number of rotatable bonds is 6. The molecule has 6 heteroatoms. The Bertz CT molecular complexity index is 1410. The Morgan fingerprint density at radius 2 is 1.61 bits per heavy atom. The summed E-state index contributed by atoms with van der Waals surface area (Å²) in [6, 6.07) is 30.9. The molecular weight excluding hydrogens is 492 g/mol. The summed E-state index contributed by atoms with van der Waals surface area (Å²) in [5.41, 5.74) is 5.49. The van der Waals surface area contributed by atoms with E-state index in [2.05, 4.69) is 75.0 Å². The molecule has 0 N–H and O–H groups in total. The molecule has 4 aromatic rings. The number of halogens is 1. The lowest BCUT2D eigenvalue weighted by molar-refractivity contribution is 0.0543. The van der Waals surface area contributed by atoms with Crippen LogP contribution in [0.3, 0.4) is 0 Å². The van der Waals surface area contributed by atoms with Gasteiger partial charge in [0.15, 0.2) is 0 Å². The third-order valence-corrected chi connectivity index (χ3v) is 8.29. The van der Waals surface area contributed by atoms with Gasteiger partial charge in [0.2, 0.25) is 0 Å². The standard InChI is InChI=1S/C32H33ClN4O/c1-34-16-8-15-30(34)31-29(23-35-17-19-36(20-18-35)26-12-7-11-25(33)21-26)27-13-5-6-14-28(27)32(38)37(31)22-24-9-3-2-4-10-24/h2-16,21,29,31H,17-20,22-23H2,1H3. The molecule has 194 valence electrons. The van der Waals surface area contributed by atoms with E-state index in [0.717, 1.165) is 54.4 Å². The van der Waals surface area contributed by atoms with Gasteiger partial charge in [-0.1, -0.05) is 66.2 Å². The lowest BCUT2D eigenvalue weighted by atomic mass is 9.80. The van der Waals surface area contributed by atoms with Crippen LogP contribution in [0, 0.1) is 0 Å². The zero-order chi connectivity index (χ0) is 26.1. The second-order valence-electron chi connectivity index (χ2n) is 10.4. The van der Waals surface area contributed by atoms with Gasteiger partial charge in [-0.05, 0) is 47.5 Å². The van der Waals surface area contributed by atoms with Gasteiger partial charge in [0.25, 0.3) is 5.91 Å². The van der Waals surface area contributed by atoms with Crippen molar-refractivity contribution in [1.29, 1.82) is 0 Å². The Labute approximate surface area is 229 Å². The highest BCUT2D eigenvalue weighted by Gasteiger charge is 2.42. The van der Waals surface area contributed by atoms with E-state index < -0.39 is 0 Å². The van der Waals surface area contributed by atoms with Crippen LogP contribution in [0.25, 0.3) is 0 Å². The van der Waals surface area contributed by atoms with Crippen LogP contribution in [0.4, 0.5) is 5.69 Å². The molecule has 38 heavy (non-hydrogen) atoms. The molecule has 2 unspecified atom stereocenters. The van der Waals surface area contributed by atoms with Gasteiger partial charge >= 0.3 is 0 Å². The van der Waals surface area contributed by atoms with Gasteiger partial charge in [0.05, 0.1) is 6.04 Å². The number of hydrogen-bond donors (Lipinski definition) is 0. The van der Waals surface area contributed by atoms with Crippen LogP contribution in [-0.2, 0) is 13.6 Å². The first kappa shape index (κ1) is 24.8. The van der Waals surface area contributed by atoms with E-state index in [9.17, 15) is 4.79 Å². The molecule has 0 bridgehead atoms. The largest absolute Gasteiger partial charge is 0.369 e. The summed E-state index contributed by atoms with van der Waals surface area (Å²) < 4.78 is 2.17. The Balaban J connectivity index is 1.32. The van der Waals surface area contributed by atoms with Crippen LogP contribution in [0.5, 0.6) is 0 Å². The molecule has 0 aliphatic carbocycles. The highest BCUT2D eigenvalue weighted by molar-refractivity contribution is 6.30. The van der Waals surface area contributed by atoms with Gasteiger partial charge in [-0.3, -0.25) is 9.69 Å². The van der Waals surface area contributed by atoms with Crippen molar-refractivity contribution in [3.05, 3.63) is 125 Å². The minimum absolute atomic E-state index is 0.0523. The molecule has 2 aliphatic heterocycles. The molecule has 1 aromatic heterocycles. The number of carbonyl (C=O) groups excluding carboxylic acids is 1. The zero-order valence-corrected chi connectivity index (χ0v) is 22.5. The molecule has 3 aromatic carbocycles. The van der Waals surface area contributed by atoms with Crippen LogP contribution >= 0.6 is 11.6 Å². The van der Waals surface area contributed by atoms with E-state index in [1.807, 2.05) is 48.5 Å². The molecule has 1 saturated heterocycles. The van der Waals surface area contributed by atoms with Gasteiger partial charge in [0.1, 0.15) is 0 Å². The van der Waals surface area contributed by atoms with E-state index in [4.69, 9.17) is 11.6 Å². The third kappa shape index (κ3) is 4.84. The normalized spacial score (nSPS) is 20.0. The summed E-state index contributed by atoms with van der Waals surface area (Å²) in [5, 5.41) is 0.775. The van der Waals surface area contributed by atoms with Gasteiger partial charge in [0, 0.05) is 80.4 Å². The van der Waals surface area contributed by atoms with Crippen molar-refractivity contribution in [2.24, 2.45) is 7.05 Å². The fraction of sp³-hybridized carbons (Fsp3) is 0.281. The molecule has 0 radical (unpaired) electrons. The quantitative estimate of drug-likeness (QED) is 0.311. The number of nitrogens with zero attached hydrogens (tertiary/aromatic N) is 4. The fourth-order valence-electron chi connectivity index (χ4n) is 6.12. The van der Waals surface area contributed by atoms with Crippen LogP contribution in [0.2, 0.25) is 5.02 Å². The molecule has 5 nitrogen and oxygen atoms in total. The number of amides is 1. The first-order valence-electron chi connectivity index (χ1n) is 13.4. The molecule has 1 amide bonds. The van der Waals surface area contributed by atoms with Crippen LogP contribution in [0.1, 0.15) is 39.1 Å². The average molecular weight is 525 g/mol. The number of fused-ring (bicyclic) bond motifs is 1. The van der Waals surface area contributed by atoms with Crippen molar-refractivity contribution in [3.63, 3.8) is 0 Å². The number of benzene rings is 3. The lowest BCUT2D eigenvalue weighted by Crippen LogP contribution is -2.50. The summed E-state index contributed by atoms with van der Waals surface area (Å²) in [4.78, 5) is 21.1. The van der Waals surface area contributed by atoms with E-state index in [-0.39, 0.29) is 17.9 Å². The number of hydrogen-bond acceptors (Lipinski definition) is 3. The number of aromatic nitrogens is 1. The van der Waals surface area contributed by atoms with Gasteiger partial charge in [-0.15, -0.1) is 0 Å². The van der Waals surface area contributed by atoms with E-state index >= 15 is 0 Å². The Kier molecular flexibility index (Phi) is 6.96. The van der Waals surface area contributed by atoms with Crippen molar-refractivity contribution in [1.82, 2.24) is 14.4 Å². The summed E-state index contributed by atoms with van der Waals surface area (Å²) in [5.74, 6) is 0.275. The van der Waals surface area contributed by atoms with Crippen molar-refractivity contribution in [2.45, 2.75) is 18.5 Å². The second kappa shape index (κ2) is 10.7. The summed E-state index contributed by atoms with van der Waals surface area (Å²) in [7, 11) is 2.09. The van der Waals surface area contributed by atoms with Crippen LogP contribution < -0.4 is 4.90 Å². The SMILES string of the molecule is Cn1cccc1C1C(CN2CCN(c3cccc(Cl)c3)CC2)c2ccccc2C(=O)N1Cc1ccccc1. The van der Waals surface area contributed by atoms with Gasteiger partial charge < -0.3 is 14.4 Å². The molecule has 3 heterocycles. The monoisotopic (exact) mass is 524 g/mol. The van der Waals surface area contributed by atoms with Gasteiger partial charge in [-0.25, -0.2) is 0 Å². The predicted molar refractivity (Wildman–Crippen MR) is 154 cm³/mol. The number of piperazine rings is 1. The van der Waals surface area contributed by atoms with Crippen molar-refractivity contribution < 1.29 is 4.79 Å². The van der Waals surface area contributed by atoms with E-state index in [1.54, 1.807) is 0 Å². The lowest BCUT2D eigenvalue weighted by Gasteiger charge is -2.45. The van der Waals surface area contributed by atoms with Crippen molar-refractivity contribution in [3.8, 4) is 0 Å². The maximum Gasteiger partial charge on any atom is 0.255 e. The Hall–Kier alpha value is -3.54. The Morgan fingerprint density at radius 3 is 2.34 bits per heavy atom.